The Labute approximate surface area is 84.2 Å². The van der Waals surface area contributed by atoms with Crippen molar-refractivity contribution in [1.82, 2.24) is 0 Å². The average Bonchev–Trinajstić information content (AvgIpc) is 2.17. The fraction of sp³-hybridized carbons (Fsp3) is 1.00. The quantitative estimate of drug-likeness (QED) is 0.430. The van der Waals surface area contributed by atoms with Crippen LogP contribution in [0.5, 0.6) is 0 Å². The van der Waals surface area contributed by atoms with Gasteiger partial charge in [-0.1, -0.05) is 65.2 Å². The topological polar surface area (TPSA) is 20.2 Å². The van der Waals surface area contributed by atoms with E-state index >= 15 is 0 Å². The van der Waals surface area contributed by atoms with Gasteiger partial charge >= 0.3 is 0 Å². The molecule has 1 unspecified atom stereocenters. The van der Waals surface area contributed by atoms with Gasteiger partial charge in [-0.2, -0.15) is 0 Å². The summed E-state index contributed by atoms with van der Waals surface area (Å²) in [5, 5.41) is 8.97. The zero-order chi connectivity index (χ0) is 9.94. The van der Waals surface area contributed by atoms with E-state index in [1.165, 1.54) is 44.9 Å². The van der Waals surface area contributed by atoms with E-state index < -0.39 is 0 Å². The Hall–Kier alpha value is 0.0249. The zero-order valence-electron chi connectivity index (χ0n) is 9.39. The third-order valence-electron chi connectivity index (χ3n) is 2.80. The van der Waals surface area contributed by atoms with Crippen molar-refractivity contribution in [2.24, 2.45) is 0 Å². The van der Waals surface area contributed by atoms with Gasteiger partial charge in [-0.25, -0.2) is 0 Å². The van der Waals surface area contributed by atoms with E-state index in [-0.39, 0.29) is 0 Å². The molecule has 1 nitrogen and oxygen atoms in total. The van der Waals surface area contributed by atoms with Crippen molar-refractivity contribution in [3.63, 3.8) is 0 Å². The van der Waals surface area contributed by atoms with Gasteiger partial charge in [0.15, 0.2) is 0 Å². The molecule has 0 amide bonds. The largest absolute Gasteiger partial charge is 0.454 e. The molecule has 0 bridgehead atoms. The molecule has 0 spiro atoms. The summed E-state index contributed by atoms with van der Waals surface area (Å²) in [6, 6.07) is 0. The fourth-order valence-electron chi connectivity index (χ4n) is 1.64. The molecule has 2 heteroatoms. The summed E-state index contributed by atoms with van der Waals surface area (Å²) in [5.41, 5.74) is 0. The predicted octanol–water partition coefficient (Wildman–Crippen LogP) is 3.28. The number of hydrogen-bond acceptors (Lipinski definition) is 1. The highest BCUT2D eigenvalue weighted by molar-refractivity contribution is 6.27. The molecule has 0 aromatic heterocycles. The minimum atomic E-state index is 0.380. The fourth-order valence-corrected chi connectivity index (χ4v) is 1.64. The van der Waals surface area contributed by atoms with Crippen LogP contribution in [0.15, 0.2) is 0 Å². The van der Waals surface area contributed by atoms with Crippen LogP contribution in [0.25, 0.3) is 0 Å². The lowest BCUT2D eigenvalue weighted by Crippen LogP contribution is -2.01. The van der Waals surface area contributed by atoms with Crippen LogP contribution in [0.2, 0.25) is 5.82 Å². The van der Waals surface area contributed by atoms with Crippen molar-refractivity contribution >= 4 is 7.48 Å². The van der Waals surface area contributed by atoms with Gasteiger partial charge in [0.25, 0.3) is 7.48 Å². The average molecular weight is 184 g/mol. The maximum absolute atomic E-state index is 8.97. The molecule has 13 heavy (non-hydrogen) atoms. The van der Waals surface area contributed by atoms with Gasteiger partial charge in [0, 0.05) is 0 Å². The number of rotatable bonds is 9. The summed E-state index contributed by atoms with van der Waals surface area (Å²) in [7, 11) is 0.380. The van der Waals surface area contributed by atoms with Gasteiger partial charge in [0.05, 0.1) is 0 Å². The van der Waals surface area contributed by atoms with Crippen LogP contribution < -0.4 is 0 Å². The van der Waals surface area contributed by atoms with E-state index in [2.05, 4.69) is 13.8 Å². The van der Waals surface area contributed by atoms with Gasteiger partial charge in [-0.3, -0.25) is 0 Å². The lowest BCUT2D eigenvalue weighted by molar-refractivity contribution is 0.526. The summed E-state index contributed by atoms with van der Waals surface area (Å²) in [6.45, 7) is 4.41. The molecule has 0 heterocycles. The van der Waals surface area contributed by atoms with Gasteiger partial charge in [0.2, 0.25) is 0 Å². The minimum Gasteiger partial charge on any atom is -0.454 e. The number of hydrogen-bond donors (Lipinski definition) is 1. The van der Waals surface area contributed by atoms with Crippen molar-refractivity contribution in [2.75, 3.05) is 0 Å². The summed E-state index contributed by atoms with van der Waals surface area (Å²) in [6.07, 6.45) is 10.5. The number of unbranched alkanes of at least 4 members (excludes halogenated alkanes) is 5. The Bertz CT molecular complexity index is 92.1. The molecule has 1 atom stereocenters. The van der Waals surface area contributed by atoms with Crippen LogP contribution in [-0.2, 0) is 0 Å². The first-order chi connectivity index (χ1) is 6.35. The van der Waals surface area contributed by atoms with Crippen LogP contribution in [0.3, 0.4) is 0 Å². The molecular weight excluding hydrogens is 159 g/mol. The third kappa shape index (κ3) is 8.36. The van der Waals surface area contributed by atoms with E-state index in [0.29, 0.717) is 13.3 Å². The minimum absolute atomic E-state index is 0.380. The van der Waals surface area contributed by atoms with Gasteiger partial charge in [-0.15, -0.1) is 0 Å². The molecule has 0 aliphatic heterocycles. The second-order valence-corrected chi connectivity index (χ2v) is 4.01. The predicted molar refractivity (Wildman–Crippen MR) is 61.4 cm³/mol. The van der Waals surface area contributed by atoms with E-state index in [0.717, 1.165) is 6.42 Å². The van der Waals surface area contributed by atoms with Crippen molar-refractivity contribution in [1.29, 1.82) is 0 Å². The van der Waals surface area contributed by atoms with Gasteiger partial charge < -0.3 is 5.02 Å². The van der Waals surface area contributed by atoms with Crippen molar-refractivity contribution < 1.29 is 5.02 Å². The first-order valence-corrected chi connectivity index (χ1v) is 5.96. The van der Waals surface area contributed by atoms with Crippen LogP contribution in [0, 0.1) is 0 Å². The highest BCUT2D eigenvalue weighted by atomic mass is 16.2. The van der Waals surface area contributed by atoms with Crippen molar-refractivity contribution in [3.8, 4) is 0 Å². The van der Waals surface area contributed by atoms with Crippen molar-refractivity contribution in [2.45, 2.75) is 71.0 Å². The highest BCUT2D eigenvalue weighted by Crippen LogP contribution is 2.18. The van der Waals surface area contributed by atoms with Crippen LogP contribution in [-0.4, -0.2) is 12.5 Å². The normalized spacial score (nSPS) is 12.8. The summed E-state index contributed by atoms with van der Waals surface area (Å²) < 4.78 is 0. The highest BCUT2D eigenvalue weighted by Gasteiger charge is 2.05. The van der Waals surface area contributed by atoms with Gasteiger partial charge in [-0.05, 0) is 5.82 Å². The summed E-state index contributed by atoms with van der Waals surface area (Å²) >= 11 is 0. The van der Waals surface area contributed by atoms with Crippen LogP contribution in [0.1, 0.15) is 65.2 Å². The molecule has 0 saturated carbocycles. The Morgan fingerprint density at radius 3 is 2.15 bits per heavy atom. The van der Waals surface area contributed by atoms with E-state index in [1.54, 1.807) is 0 Å². The molecule has 0 fully saturated rings. The molecule has 78 valence electrons. The molecule has 0 aromatic rings. The maximum Gasteiger partial charge on any atom is 0.273 e. The van der Waals surface area contributed by atoms with Crippen LogP contribution >= 0.6 is 0 Å². The van der Waals surface area contributed by atoms with Gasteiger partial charge in [0.1, 0.15) is 0 Å². The molecule has 1 N–H and O–H groups in total. The Morgan fingerprint density at radius 1 is 1.00 bits per heavy atom. The Balaban J connectivity index is 3.05. The second kappa shape index (κ2) is 10.1. The SMILES string of the molecule is CCCCCCCCC(BO)CC. The molecule has 0 aliphatic rings. The maximum atomic E-state index is 8.97. The molecular formula is C11H25BO. The first-order valence-electron chi connectivity index (χ1n) is 5.96. The monoisotopic (exact) mass is 184 g/mol. The first kappa shape index (κ1) is 13.0. The van der Waals surface area contributed by atoms with Crippen molar-refractivity contribution in [3.05, 3.63) is 0 Å². The van der Waals surface area contributed by atoms with Crippen LogP contribution in [0.4, 0.5) is 0 Å². The zero-order valence-corrected chi connectivity index (χ0v) is 9.39. The standard InChI is InChI=1S/C11H25BO/c1-3-5-6-7-8-9-10-11(4-2)12-13/h11-13H,3-10H2,1-2H3. The molecule has 0 radical (unpaired) electrons. The lowest BCUT2D eigenvalue weighted by atomic mass is 9.75. The molecule has 0 rings (SSSR count). The van der Waals surface area contributed by atoms with E-state index in [9.17, 15) is 0 Å². The second-order valence-electron chi connectivity index (χ2n) is 4.01. The lowest BCUT2D eigenvalue weighted by Gasteiger charge is -2.08. The molecule has 0 aromatic carbocycles. The molecule has 0 aliphatic carbocycles. The summed E-state index contributed by atoms with van der Waals surface area (Å²) in [4.78, 5) is 0. The summed E-state index contributed by atoms with van der Waals surface area (Å²) in [5.74, 6) is 0.561. The van der Waals surface area contributed by atoms with E-state index in [1.807, 2.05) is 0 Å². The smallest absolute Gasteiger partial charge is 0.273 e. The molecule has 0 saturated heterocycles. The third-order valence-corrected chi connectivity index (χ3v) is 2.80. The Morgan fingerprint density at radius 2 is 1.62 bits per heavy atom. The Kier molecular flexibility index (Phi) is 10.1. The van der Waals surface area contributed by atoms with E-state index in [4.69, 9.17) is 5.02 Å².